The fourth-order valence-electron chi connectivity index (χ4n) is 2.90. The highest BCUT2D eigenvalue weighted by Crippen LogP contribution is 2.42. The maximum absolute atomic E-state index is 12.6. The number of carbonyl (C=O) groups is 2. The van der Waals surface area contributed by atoms with E-state index in [1.165, 1.54) is 4.90 Å². The number of rotatable bonds is 4. The van der Waals surface area contributed by atoms with E-state index in [1.54, 1.807) is 43.3 Å². The molecule has 114 valence electrons. The van der Waals surface area contributed by atoms with Gasteiger partial charge in [-0.2, -0.15) is 0 Å². The number of carbonyl (C=O) groups excluding carboxylic acids is 2. The number of ketones is 1. The molecule has 0 aliphatic carbocycles. The van der Waals surface area contributed by atoms with Crippen LogP contribution in [0.1, 0.15) is 35.2 Å². The second-order valence-corrected chi connectivity index (χ2v) is 5.44. The summed E-state index contributed by atoms with van der Waals surface area (Å²) in [5, 5.41) is 10.9. The van der Waals surface area contributed by atoms with Crippen molar-refractivity contribution < 1.29 is 19.1 Å². The van der Waals surface area contributed by atoms with Gasteiger partial charge in [0.2, 0.25) is 5.78 Å². The Morgan fingerprint density at radius 1 is 1.27 bits per heavy atom. The zero-order valence-corrected chi connectivity index (χ0v) is 12.5. The molecule has 0 radical (unpaired) electrons. The monoisotopic (exact) mass is 299 g/mol. The van der Waals surface area contributed by atoms with Gasteiger partial charge in [-0.15, -0.1) is 0 Å². The molecule has 5 nitrogen and oxygen atoms in total. The summed E-state index contributed by atoms with van der Waals surface area (Å²) in [7, 11) is 0. The van der Waals surface area contributed by atoms with Crippen molar-refractivity contribution in [1.82, 2.24) is 0 Å². The number of anilines is 1. The molecular formula is C17H17NO4. The van der Waals surface area contributed by atoms with Crippen LogP contribution in [0.5, 0.6) is 0 Å². The fraction of sp³-hybridized carbons (Fsp3) is 0.294. The van der Waals surface area contributed by atoms with Crippen molar-refractivity contribution in [2.24, 2.45) is 0 Å². The van der Waals surface area contributed by atoms with Gasteiger partial charge in [0.25, 0.3) is 5.91 Å². The van der Waals surface area contributed by atoms with E-state index in [0.717, 1.165) is 0 Å². The Hall–Kier alpha value is -2.40. The normalized spacial score (nSPS) is 20.3. The van der Waals surface area contributed by atoms with Gasteiger partial charge in [0.15, 0.2) is 11.4 Å². The molecule has 1 atom stereocenters. The number of Topliss-reactive ketones (excluding diaryl/α,β-unsaturated/α-hetero) is 1. The largest absolute Gasteiger partial charge is 0.458 e. The molecule has 1 amide bonds. The Morgan fingerprint density at radius 3 is 2.64 bits per heavy atom. The molecular weight excluding hydrogens is 282 g/mol. The zero-order valence-electron chi connectivity index (χ0n) is 12.5. The smallest absolute Gasteiger partial charge is 0.264 e. The number of furan rings is 1. The average Bonchev–Trinajstić information content (AvgIpc) is 3.02. The van der Waals surface area contributed by atoms with Crippen LogP contribution in [-0.4, -0.2) is 23.3 Å². The molecule has 2 heterocycles. The second kappa shape index (κ2) is 5.10. The first-order valence-corrected chi connectivity index (χ1v) is 7.21. The van der Waals surface area contributed by atoms with Crippen LogP contribution in [0.3, 0.4) is 0 Å². The van der Waals surface area contributed by atoms with E-state index in [2.05, 4.69) is 0 Å². The molecule has 0 unspecified atom stereocenters. The standard InChI is InChI=1S/C17H17NO4/c1-3-18-13-7-5-4-6-12(13)17(21,16(18)20)10-14(19)15-9-8-11(2)22-15/h4-9,21H,3,10H2,1-2H3/t17-/m0/s1. The van der Waals surface area contributed by atoms with Crippen LogP contribution in [0.4, 0.5) is 5.69 Å². The van der Waals surface area contributed by atoms with Gasteiger partial charge < -0.3 is 14.4 Å². The predicted molar refractivity (Wildman–Crippen MR) is 80.8 cm³/mol. The summed E-state index contributed by atoms with van der Waals surface area (Å²) in [4.78, 5) is 26.4. The lowest BCUT2D eigenvalue weighted by molar-refractivity contribution is -0.135. The molecule has 1 aromatic carbocycles. The number of amides is 1. The first kappa shape index (κ1) is 14.5. The first-order valence-electron chi connectivity index (χ1n) is 7.21. The van der Waals surface area contributed by atoms with Gasteiger partial charge in [0.1, 0.15) is 5.76 Å². The molecule has 1 aliphatic rings. The molecule has 1 aliphatic heterocycles. The number of aliphatic hydroxyl groups is 1. The van der Waals surface area contributed by atoms with Gasteiger partial charge in [-0.05, 0) is 32.0 Å². The minimum atomic E-state index is -1.83. The van der Waals surface area contributed by atoms with Crippen molar-refractivity contribution in [3.8, 4) is 0 Å². The lowest BCUT2D eigenvalue weighted by Crippen LogP contribution is -2.41. The quantitative estimate of drug-likeness (QED) is 0.880. The van der Waals surface area contributed by atoms with Crippen molar-refractivity contribution in [2.45, 2.75) is 25.9 Å². The zero-order chi connectivity index (χ0) is 15.9. The number of benzene rings is 1. The molecule has 5 heteroatoms. The van der Waals surface area contributed by atoms with Crippen molar-refractivity contribution in [3.05, 3.63) is 53.5 Å². The number of nitrogens with zero attached hydrogens (tertiary/aromatic N) is 1. The van der Waals surface area contributed by atoms with Crippen LogP contribution in [0, 0.1) is 6.92 Å². The third kappa shape index (κ3) is 2.05. The van der Waals surface area contributed by atoms with Gasteiger partial charge in [0.05, 0.1) is 12.1 Å². The molecule has 3 rings (SSSR count). The number of hydrogen-bond acceptors (Lipinski definition) is 4. The summed E-state index contributed by atoms with van der Waals surface area (Å²) in [6.45, 7) is 4.00. The summed E-state index contributed by atoms with van der Waals surface area (Å²) in [6, 6.07) is 10.2. The molecule has 22 heavy (non-hydrogen) atoms. The molecule has 0 saturated heterocycles. The third-order valence-electron chi connectivity index (χ3n) is 3.99. The minimum Gasteiger partial charge on any atom is -0.458 e. The molecule has 2 aromatic rings. The molecule has 0 spiro atoms. The Morgan fingerprint density at radius 2 is 2.00 bits per heavy atom. The molecule has 1 aromatic heterocycles. The average molecular weight is 299 g/mol. The summed E-state index contributed by atoms with van der Waals surface area (Å²) >= 11 is 0. The van der Waals surface area contributed by atoms with E-state index in [0.29, 0.717) is 23.6 Å². The van der Waals surface area contributed by atoms with Crippen LogP contribution in [0.2, 0.25) is 0 Å². The van der Waals surface area contributed by atoms with Crippen molar-refractivity contribution in [1.29, 1.82) is 0 Å². The summed E-state index contributed by atoms with van der Waals surface area (Å²) in [5.74, 6) is -0.0839. The molecule has 0 saturated carbocycles. The second-order valence-electron chi connectivity index (χ2n) is 5.44. The van der Waals surface area contributed by atoms with E-state index >= 15 is 0 Å². The van der Waals surface area contributed by atoms with Gasteiger partial charge in [0, 0.05) is 12.1 Å². The fourth-order valence-corrected chi connectivity index (χ4v) is 2.90. The van der Waals surface area contributed by atoms with Crippen LogP contribution in [0.25, 0.3) is 0 Å². The first-order chi connectivity index (χ1) is 10.5. The van der Waals surface area contributed by atoms with Gasteiger partial charge in [-0.1, -0.05) is 18.2 Å². The van der Waals surface area contributed by atoms with E-state index in [4.69, 9.17) is 4.42 Å². The molecule has 1 N–H and O–H groups in total. The summed E-state index contributed by atoms with van der Waals surface area (Å²) < 4.78 is 5.29. The predicted octanol–water partition coefficient (Wildman–Crippen LogP) is 2.42. The highest BCUT2D eigenvalue weighted by molar-refractivity contribution is 6.10. The Balaban J connectivity index is 1.98. The Bertz CT molecular complexity index is 749. The minimum absolute atomic E-state index is 0.158. The van der Waals surface area contributed by atoms with Gasteiger partial charge in [-0.3, -0.25) is 9.59 Å². The maximum Gasteiger partial charge on any atom is 0.264 e. The van der Waals surface area contributed by atoms with Crippen LogP contribution in [0.15, 0.2) is 40.8 Å². The van der Waals surface area contributed by atoms with E-state index in [1.807, 2.05) is 6.92 Å². The molecule has 0 bridgehead atoms. The van der Waals surface area contributed by atoms with E-state index in [9.17, 15) is 14.7 Å². The number of para-hydroxylation sites is 1. The molecule has 0 fully saturated rings. The number of aryl methyl sites for hydroxylation is 1. The summed E-state index contributed by atoms with van der Waals surface area (Å²) in [6.07, 6.45) is -0.327. The SMILES string of the molecule is CCN1C(=O)[C@](O)(CC(=O)c2ccc(C)o2)c2ccccc21. The van der Waals surface area contributed by atoms with Crippen LogP contribution < -0.4 is 4.90 Å². The van der Waals surface area contributed by atoms with Gasteiger partial charge >= 0.3 is 0 Å². The van der Waals surface area contributed by atoms with E-state index < -0.39 is 17.3 Å². The van der Waals surface area contributed by atoms with Crippen LogP contribution in [-0.2, 0) is 10.4 Å². The third-order valence-corrected chi connectivity index (χ3v) is 3.99. The lowest BCUT2D eigenvalue weighted by Gasteiger charge is -2.21. The number of hydrogen-bond donors (Lipinski definition) is 1. The maximum atomic E-state index is 12.6. The van der Waals surface area contributed by atoms with Crippen molar-refractivity contribution in [3.63, 3.8) is 0 Å². The topological polar surface area (TPSA) is 70.8 Å². The van der Waals surface area contributed by atoms with E-state index in [-0.39, 0.29) is 12.2 Å². The Kier molecular flexibility index (Phi) is 3.37. The summed E-state index contributed by atoms with van der Waals surface area (Å²) in [5.41, 5.74) is -0.705. The highest BCUT2D eigenvalue weighted by Gasteiger charge is 2.50. The van der Waals surface area contributed by atoms with Crippen LogP contribution >= 0.6 is 0 Å². The Labute approximate surface area is 128 Å². The van der Waals surface area contributed by atoms with Crippen molar-refractivity contribution in [2.75, 3.05) is 11.4 Å². The van der Waals surface area contributed by atoms with Gasteiger partial charge in [-0.25, -0.2) is 0 Å². The van der Waals surface area contributed by atoms with Crippen molar-refractivity contribution >= 4 is 17.4 Å². The lowest BCUT2D eigenvalue weighted by atomic mass is 9.89. The number of likely N-dealkylation sites (N-methyl/N-ethyl adjacent to an activating group) is 1. The highest BCUT2D eigenvalue weighted by atomic mass is 16.3. The number of fused-ring (bicyclic) bond motifs is 1.